The number of esters is 1. The van der Waals surface area contributed by atoms with Crippen LogP contribution >= 0.6 is 0 Å². The number of aliphatic imine (C=N–C) groups is 1. The second kappa shape index (κ2) is 5.97. The lowest BCUT2D eigenvalue weighted by atomic mass is 10.3. The number of guanidine groups is 1. The van der Waals surface area contributed by atoms with Crippen molar-refractivity contribution in [2.24, 2.45) is 16.5 Å². The Labute approximate surface area is 99.8 Å². The molecule has 17 heavy (non-hydrogen) atoms. The lowest BCUT2D eigenvalue weighted by Crippen LogP contribution is -2.33. The molecule has 4 N–H and O–H groups in total. The Bertz CT molecular complexity index is 445. The predicted molar refractivity (Wildman–Crippen MR) is 60.6 cm³/mol. The van der Waals surface area contributed by atoms with Gasteiger partial charge in [0.15, 0.2) is 5.96 Å². The second-order valence-corrected chi connectivity index (χ2v) is 3.87. The van der Waals surface area contributed by atoms with E-state index in [4.69, 9.17) is 16.2 Å². The number of nitrogens with two attached hydrogens (primary N) is 2. The normalized spacial score (nSPS) is 13.5. The highest BCUT2D eigenvalue weighted by atomic mass is 32.2. The van der Waals surface area contributed by atoms with Gasteiger partial charge in [0.05, 0.1) is 0 Å². The molecule has 0 aliphatic carbocycles. The van der Waals surface area contributed by atoms with E-state index in [2.05, 4.69) is 4.99 Å². The van der Waals surface area contributed by atoms with E-state index in [0.717, 1.165) is 0 Å². The number of carbonyl (C=O) groups is 1. The number of ether oxygens (including phenoxy) is 1. The van der Waals surface area contributed by atoms with Crippen LogP contribution in [-0.4, -0.2) is 26.1 Å². The third-order valence-electron chi connectivity index (χ3n) is 1.61. The van der Waals surface area contributed by atoms with Crippen LogP contribution in [0.2, 0.25) is 0 Å². The molecule has 7 nitrogen and oxygen atoms in total. The van der Waals surface area contributed by atoms with Crippen LogP contribution < -0.4 is 16.2 Å². The van der Waals surface area contributed by atoms with Gasteiger partial charge in [-0.05, 0) is 23.2 Å². The lowest BCUT2D eigenvalue weighted by molar-refractivity contribution is -0.133. The fraction of sp³-hybridized carbons (Fsp3) is 0.111. The molecule has 92 valence electrons. The summed E-state index contributed by atoms with van der Waals surface area (Å²) in [7, 11) is 0. The second-order valence-electron chi connectivity index (χ2n) is 2.90. The molecule has 0 bridgehead atoms. The highest BCUT2D eigenvalue weighted by Gasteiger charge is 2.21. The minimum Gasteiger partial charge on any atom is -0.770 e. The molecule has 0 fully saturated rings. The molecule has 1 rings (SSSR count). The minimum absolute atomic E-state index is 0.207. The van der Waals surface area contributed by atoms with Gasteiger partial charge in [-0.2, -0.15) is 0 Å². The number of rotatable bonds is 4. The van der Waals surface area contributed by atoms with Crippen LogP contribution in [0.15, 0.2) is 35.3 Å². The molecule has 2 atom stereocenters. The molecule has 0 radical (unpaired) electrons. The first-order valence-corrected chi connectivity index (χ1v) is 5.58. The zero-order valence-corrected chi connectivity index (χ0v) is 9.42. The zero-order chi connectivity index (χ0) is 12.8. The first-order valence-electron chi connectivity index (χ1n) is 4.44. The number of benzene rings is 1. The number of nitrogens with zero attached hydrogens (tertiary/aromatic N) is 1. The summed E-state index contributed by atoms with van der Waals surface area (Å²) in [6.07, 6.45) is 0. The lowest BCUT2D eigenvalue weighted by Gasteiger charge is -2.14. The van der Waals surface area contributed by atoms with E-state index in [1.807, 2.05) is 0 Å². The molecule has 0 aromatic heterocycles. The SMILES string of the molecule is NC(N)=NC(C(=O)Oc1ccccc1)S(=O)[O-]. The van der Waals surface area contributed by atoms with Gasteiger partial charge in [-0.25, -0.2) is 9.79 Å². The molecule has 2 unspecified atom stereocenters. The molecular formula is C9H10N3O4S-. The Morgan fingerprint density at radius 3 is 2.41 bits per heavy atom. The summed E-state index contributed by atoms with van der Waals surface area (Å²) in [5.41, 5.74) is 10.0. The molecule has 0 spiro atoms. The first kappa shape index (κ1) is 13.1. The Morgan fingerprint density at radius 1 is 1.35 bits per heavy atom. The highest BCUT2D eigenvalue weighted by Crippen LogP contribution is 2.10. The Balaban J connectivity index is 2.80. The molecular weight excluding hydrogens is 246 g/mol. The van der Waals surface area contributed by atoms with E-state index in [1.165, 1.54) is 12.1 Å². The Kier molecular flexibility index (Phi) is 4.61. The summed E-state index contributed by atoms with van der Waals surface area (Å²) in [6.45, 7) is 0. The molecule has 8 heteroatoms. The summed E-state index contributed by atoms with van der Waals surface area (Å²) in [5.74, 6) is -1.37. The average molecular weight is 256 g/mol. The Morgan fingerprint density at radius 2 is 1.94 bits per heavy atom. The van der Waals surface area contributed by atoms with Crippen molar-refractivity contribution < 1.29 is 18.3 Å². The minimum atomic E-state index is -2.80. The zero-order valence-electron chi connectivity index (χ0n) is 8.61. The van der Waals surface area contributed by atoms with Crippen molar-refractivity contribution >= 4 is 23.0 Å². The maximum absolute atomic E-state index is 11.5. The summed E-state index contributed by atoms with van der Waals surface area (Å²) < 4.78 is 26.3. The van der Waals surface area contributed by atoms with Crippen molar-refractivity contribution in [1.29, 1.82) is 0 Å². The fourth-order valence-electron chi connectivity index (χ4n) is 0.965. The van der Waals surface area contributed by atoms with Gasteiger partial charge < -0.3 is 20.8 Å². The van der Waals surface area contributed by atoms with Gasteiger partial charge in [0.2, 0.25) is 5.37 Å². The smallest absolute Gasteiger partial charge is 0.348 e. The molecule has 1 aromatic carbocycles. The number of para-hydroxylation sites is 1. The van der Waals surface area contributed by atoms with Crippen molar-refractivity contribution in [3.8, 4) is 5.75 Å². The first-order chi connectivity index (χ1) is 8.00. The van der Waals surface area contributed by atoms with Gasteiger partial charge in [0.1, 0.15) is 5.75 Å². The van der Waals surface area contributed by atoms with Gasteiger partial charge in [-0.1, -0.05) is 18.2 Å². The molecule has 0 aliphatic heterocycles. The van der Waals surface area contributed by atoms with Crippen molar-refractivity contribution in [2.75, 3.05) is 0 Å². The van der Waals surface area contributed by atoms with Crippen LogP contribution in [0.4, 0.5) is 0 Å². The van der Waals surface area contributed by atoms with Crippen molar-refractivity contribution in [3.05, 3.63) is 30.3 Å². The maximum Gasteiger partial charge on any atom is 0.348 e. The van der Waals surface area contributed by atoms with Crippen LogP contribution in [0.25, 0.3) is 0 Å². The van der Waals surface area contributed by atoms with Crippen LogP contribution in [0.5, 0.6) is 5.75 Å². The third-order valence-corrected chi connectivity index (χ3v) is 2.27. The van der Waals surface area contributed by atoms with E-state index in [0.29, 0.717) is 0 Å². The number of hydrogen-bond donors (Lipinski definition) is 2. The number of hydrogen-bond acceptors (Lipinski definition) is 5. The van der Waals surface area contributed by atoms with Gasteiger partial charge in [0, 0.05) is 0 Å². The molecule has 0 amide bonds. The van der Waals surface area contributed by atoms with E-state index < -0.39 is 28.4 Å². The summed E-state index contributed by atoms with van der Waals surface area (Å²) in [5, 5.41) is -1.76. The average Bonchev–Trinajstić information content (AvgIpc) is 2.26. The van der Waals surface area contributed by atoms with E-state index in [-0.39, 0.29) is 5.75 Å². The third kappa shape index (κ3) is 4.21. The highest BCUT2D eigenvalue weighted by molar-refractivity contribution is 7.80. The van der Waals surface area contributed by atoms with Crippen molar-refractivity contribution in [2.45, 2.75) is 5.37 Å². The molecule has 0 saturated heterocycles. The molecule has 0 aliphatic rings. The van der Waals surface area contributed by atoms with Crippen LogP contribution in [0, 0.1) is 0 Å². The van der Waals surface area contributed by atoms with E-state index in [9.17, 15) is 13.6 Å². The summed E-state index contributed by atoms with van der Waals surface area (Å²) in [6, 6.07) is 7.98. The van der Waals surface area contributed by atoms with E-state index in [1.54, 1.807) is 18.2 Å². The topological polar surface area (TPSA) is 131 Å². The predicted octanol–water partition coefficient (Wildman–Crippen LogP) is -0.929. The van der Waals surface area contributed by atoms with Gasteiger partial charge >= 0.3 is 5.97 Å². The fourth-order valence-corrected chi connectivity index (χ4v) is 1.38. The largest absolute Gasteiger partial charge is 0.770 e. The van der Waals surface area contributed by atoms with Crippen molar-refractivity contribution in [3.63, 3.8) is 0 Å². The van der Waals surface area contributed by atoms with Gasteiger partial charge in [-0.15, -0.1) is 0 Å². The summed E-state index contributed by atoms with van der Waals surface area (Å²) in [4.78, 5) is 14.7. The van der Waals surface area contributed by atoms with E-state index >= 15 is 0 Å². The Hall–Kier alpha value is -1.93. The quantitative estimate of drug-likeness (QED) is 0.235. The monoisotopic (exact) mass is 256 g/mol. The van der Waals surface area contributed by atoms with Crippen LogP contribution in [0.1, 0.15) is 0 Å². The molecule has 0 heterocycles. The van der Waals surface area contributed by atoms with Crippen LogP contribution in [-0.2, 0) is 15.9 Å². The van der Waals surface area contributed by atoms with Gasteiger partial charge in [0.25, 0.3) is 0 Å². The van der Waals surface area contributed by atoms with Crippen LogP contribution in [0.3, 0.4) is 0 Å². The summed E-state index contributed by atoms with van der Waals surface area (Å²) >= 11 is -2.80. The van der Waals surface area contributed by atoms with Crippen molar-refractivity contribution in [1.82, 2.24) is 0 Å². The number of carbonyl (C=O) groups excluding carboxylic acids is 1. The molecule has 1 aromatic rings. The molecule has 0 saturated carbocycles. The maximum atomic E-state index is 11.5. The standard InChI is InChI=1S/C9H11N3O4S/c10-9(11)12-7(17(14)15)8(13)16-6-4-2-1-3-5-6/h1-5,7H,(H,14,15)(H4,10,11,12)/p-1. The van der Waals surface area contributed by atoms with Gasteiger partial charge in [-0.3, -0.25) is 4.21 Å².